The summed E-state index contributed by atoms with van der Waals surface area (Å²) in [6.07, 6.45) is -1.96. The fourth-order valence-electron chi connectivity index (χ4n) is 3.93. The van der Waals surface area contributed by atoms with Crippen LogP contribution in [0.2, 0.25) is 10.0 Å². The number of benzene rings is 1. The number of halogens is 3. The quantitative estimate of drug-likeness (QED) is 0.216. The number of rotatable bonds is 8. The molecule has 0 aliphatic carbocycles. The van der Waals surface area contributed by atoms with E-state index in [1.165, 1.54) is 43.8 Å². The van der Waals surface area contributed by atoms with E-state index >= 15 is 0 Å². The van der Waals surface area contributed by atoms with Gasteiger partial charge in [0, 0.05) is 31.0 Å². The van der Waals surface area contributed by atoms with Crippen molar-refractivity contribution in [2.24, 2.45) is 0 Å². The predicted octanol–water partition coefficient (Wildman–Crippen LogP) is 4.04. The number of thiazole rings is 1. The van der Waals surface area contributed by atoms with Gasteiger partial charge in [-0.3, -0.25) is 14.4 Å². The molecule has 0 radical (unpaired) electrons. The molecule has 0 bridgehead atoms. The molecule has 5 atom stereocenters. The second-order valence-corrected chi connectivity index (χ2v) is 11.2. The Morgan fingerprint density at radius 2 is 1.75 bits per heavy atom. The third-order valence-electron chi connectivity index (χ3n) is 5.45. The molecular formula is C23H21Cl2FN4O8S2. The summed E-state index contributed by atoms with van der Waals surface area (Å²) in [5.74, 6) is -2.81. The van der Waals surface area contributed by atoms with Gasteiger partial charge in [-0.25, -0.2) is 14.1 Å². The SMILES string of the molecule is CC(=O)OCC1OC(Sc2cc(Cl)c(F)c(Cl)c2)C(OC(C)=O)C(n2cc(-c3csc(O)n3)nn2)C1OC(C)=O. The lowest BCUT2D eigenvalue weighted by molar-refractivity contribution is -0.212. The maximum atomic E-state index is 14.1. The van der Waals surface area contributed by atoms with Crippen LogP contribution in [0.25, 0.3) is 11.4 Å². The van der Waals surface area contributed by atoms with Gasteiger partial charge in [0.15, 0.2) is 18.0 Å². The number of hydrogen-bond donors (Lipinski definition) is 1. The van der Waals surface area contributed by atoms with Crippen LogP contribution in [-0.2, 0) is 33.3 Å². The molecule has 0 saturated carbocycles. The Hall–Kier alpha value is -2.98. The molecule has 1 saturated heterocycles. The van der Waals surface area contributed by atoms with Gasteiger partial charge in [-0.1, -0.05) is 51.5 Å². The Balaban J connectivity index is 1.80. The second kappa shape index (κ2) is 12.7. The van der Waals surface area contributed by atoms with E-state index in [4.69, 9.17) is 42.1 Å². The molecule has 40 heavy (non-hydrogen) atoms. The first kappa shape index (κ1) is 30.0. The van der Waals surface area contributed by atoms with Crippen LogP contribution in [0.3, 0.4) is 0 Å². The molecule has 1 aliphatic heterocycles. The van der Waals surface area contributed by atoms with E-state index in [-0.39, 0.29) is 27.5 Å². The lowest BCUT2D eigenvalue weighted by Crippen LogP contribution is -2.57. The fraction of sp³-hybridized carbons (Fsp3) is 0.391. The van der Waals surface area contributed by atoms with E-state index in [1.807, 2.05) is 0 Å². The van der Waals surface area contributed by atoms with Gasteiger partial charge >= 0.3 is 17.9 Å². The maximum Gasteiger partial charge on any atom is 0.303 e. The maximum absolute atomic E-state index is 14.1. The van der Waals surface area contributed by atoms with E-state index in [2.05, 4.69) is 15.3 Å². The number of aromatic hydroxyl groups is 1. The summed E-state index contributed by atoms with van der Waals surface area (Å²) >= 11 is 13.9. The van der Waals surface area contributed by atoms with Gasteiger partial charge in [-0.05, 0) is 12.1 Å². The van der Waals surface area contributed by atoms with Crippen LogP contribution in [0.15, 0.2) is 28.6 Å². The van der Waals surface area contributed by atoms with E-state index in [1.54, 1.807) is 5.38 Å². The highest BCUT2D eigenvalue weighted by Crippen LogP contribution is 2.43. The highest BCUT2D eigenvalue weighted by molar-refractivity contribution is 7.99. The minimum Gasteiger partial charge on any atom is -0.486 e. The highest BCUT2D eigenvalue weighted by Gasteiger charge is 2.52. The van der Waals surface area contributed by atoms with Gasteiger partial charge in [0.2, 0.25) is 0 Å². The molecule has 1 aromatic carbocycles. The van der Waals surface area contributed by atoms with E-state index in [9.17, 15) is 23.9 Å². The van der Waals surface area contributed by atoms with Crippen molar-refractivity contribution in [1.82, 2.24) is 20.0 Å². The Bertz CT molecular complexity index is 1400. The normalized spacial score (nSPS) is 22.5. The molecule has 214 valence electrons. The molecule has 2 aromatic heterocycles. The van der Waals surface area contributed by atoms with Crippen LogP contribution >= 0.6 is 46.3 Å². The molecular weight excluding hydrogens is 614 g/mol. The van der Waals surface area contributed by atoms with Crippen molar-refractivity contribution in [2.45, 2.75) is 55.5 Å². The van der Waals surface area contributed by atoms with Gasteiger partial charge in [-0.2, -0.15) is 0 Å². The predicted molar refractivity (Wildman–Crippen MR) is 141 cm³/mol. The average molecular weight is 635 g/mol. The summed E-state index contributed by atoms with van der Waals surface area (Å²) in [6.45, 7) is 3.22. The van der Waals surface area contributed by atoms with Crippen molar-refractivity contribution >= 4 is 64.2 Å². The second-order valence-electron chi connectivity index (χ2n) is 8.40. The van der Waals surface area contributed by atoms with Gasteiger partial charge < -0.3 is 24.1 Å². The van der Waals surface area contributed by atoms with Gasteiger partial charge in [0.25, 0.3) is 5.19 Å². The minimum absolute atomic E-state index is 0.180. The molecule has 17 heteroatoms. The third-order valence-corrected chi connectivity index (χ3v) is 7.76. The third kappa shape index (κ3) is 7.01. The number of nitrogens with zero attached hydrogens (tertiary/aromatic N) is 4. The standard InChI is InChI=1S/C23H21Cl2FN4O8S2/c1-9(31)35-7-17-20(36-10(2)32)19(30-6-15(28-29-30)16-8-39-23(34)27-16)21(37-11(3)33)22(38-17)40-12-4-13(24)18(26)14(25)5-12/h4-6,8,17,19-22H,7H2,1-3H3,(H,27,34). The molecule has 3 aromatic rings. The van der Waals surface area contributed by atoms with E-state index in [0.717, 1.165) is 23.1 Å². The Morgan fingerprint density at radius 1 is 1.10 bits per heavy atom. The number of ether oxygens (including phenoxy) is 4. The Morgan fingerprint density at radius 3 is 2.33 bits per heavy atom. The zero-order valence-corrected chi connectivity index (χ0v) is 24.1. The lowest BCUT2D eigenvalue weighted by atomic mass is 9.96. The summed E-state index contributed by atoms with van der Waals surface area (Å²) in [5, 5.41) is 18.8. The fourth-order valence-corrected chi connectivity index (χ4v) is 6.28. The summed E-state index contributed by atoms with van der Waals surface area (Å²) in [7, 11) is 0. The number of hydrogen-bond acceptors (Lipinski definition) is 13. The minimum atomic E-state index is -1.18. The lowest BCUT2D eigenvalue weighted by Gasteiger charge is -2.44. The molecule has 1 fully saturated rings. The molecule has 3 heterocycles. The zero-order chi connectivity index (χ0) is 29.1. The van der Waals surface area contributed by atoms with Crippen LogP contribution in [0.1, 0.15) is 26.8 Å². The van der Waals surface area contributed by atoms with Crippen molar-refractivity contribution in [3.8, 4) is 16.6 Å². The smallest absolute Gasteiger partial charge is 0.303 e. The topological polar surface area (TPSA) is 152 Å². The number of thioether (sulfide) groups is 1. The van der Waals surface area contributed by atoms with Crippen LogP contribution in [0.5, 0.6) is 5.19 Å². The monoisotopic (exact) mass is 634 g/mol. The summed E-state index contributed by atoms with van der Waals surface area (Å²) in [4.78, 5) is 40.4. The van der Waals surface area contributed by atoms with Gasteiger partial charge in [0.1, 0.15) is 35.6 Å². The average Bonchev–Trinajstić information content (AvgIpc) is 3.51. The first-order valence-electron chi connectivity index (χ1n) is 11.4. The molecule has 4 rings (SSSR count). The number of esters is 3. The summed E-state index contributed by atoms with van der Waals surface area (Å²) in [6, 6.07) is 1.58. The van der Waals surface area contributed by atoms with Crippen molar-refractivity contribution in [3.63, 3.8) is 0 Å². The van der Waals surface area contributed by atoms with Crippen LogP contribution in [0.4, 0.5) is 4.39 Å². The van der Waals surface area contributed by atoms with E-state index < -0.39 is 53.5 Å². The van der Waals surface area contributed by atoms with Crippen molar-refractivity contribution < 1.29 is 42.8 Å². The molecule has 5 unspecified atom stereocenters. The molecule has 1 N–H and O–H groups in total. The Labute approximate surface area is 244 Å². The van der Waals surface area contributed by atoms with Crippen LogP contribution in [-0.4, -0.2) is 73.3 Å². The largest absolute Gasteiger partial charge is 0.486 e. The number of carbonyl (C=O) groups excluding carboxylic acids is 3. The zero-order valence-electron chi connectivity index (χ0n) is 20.9. The number of aromatic nitrogens is 4. The first-order valence-corrected chi connectivity index (χ1v) is 14.0. The van der Waals surface area contributed by atoms with Crippen LogP contribution in [0, 0.1) is 5.82 Å². The van der Waals surface area contributed by atoms with Gasteiger partial charge in [0.05, 0.1) is 16.2 Å². The van der Waals surface area contributed by atoms with Crippen molar-refractivity contribution in [1.29, 1.82) is 0 Å². The van der Waals surface area contributed by atoms with Crippen LogP contribution < -0.4 is 0 Å². The van der Waals surface area contributed by atoms with Crippen molar-refractivity contribution in [3.05, 3.63) is 39.6 Å². The van der Waals surface area contributed by atoms with E-state index in [0.29, 0.717) is 10.6 Å². The molecule has 12 nitrogen and oxygen atoms in total. The molecule has 0 spiro atoms. The summed E-state index contributed by atoms with van der Waals surface area (Å²) < 4.78 is 38.0. The highest BCUT2D eigenvalue weighted by atomic mass is 35.5. The molecule has 0 amide bonds. The van der Waals surface area contributed by atoms with Crippen molar-refractivity contribution in [2.75, 3.05) is 6.61 Å². The number of carbonyl (C=O) groups is 3. The van der Waals surface area contributed by atoms with Gasteiger partial charge in [-0.15, -0.1) is 5.10 Å². The summed E-state index contributed by atoms with van der Waals surface area (Å²) in [5.41, 5.74) is -0.453. The molecule has 1 aliphatic rings. The first-order chi connectivity index (χ1) is 18.9. The Kier molecular flexibility index (Phi) is 9.51.